The summed E-state index contributed by atoms with van der Waals surface area (Å²) in [5.41, 5.74) is 6.49. The molecule has 0 saturated carbocycles. The molecule has 0 atom stereocenters. The van der Waals surface area contributed by atoms with Crippen molar-refractivity contribution < 1.29 is 0 Å². The molecule has 0 unspecified atom stereocenters. The van der Waals surface area contributed by atoms with E-state index in [-0.39, 0.29) is 5.95 Å². The van der Waals surface area contributed by atoms with E-state index in [1.807, 2.05) is 0 Å². The van der Waals surface area contributed by atoms with E-state index < -0.39 is 5.69 Å². The summed E-state index contributed by atoms with van der Waals surface area (Å²) in [6.45, 7) is 1.70. The van der Waals surface area contributed by atoms with Crippen LogP contribution in [-0.2, 0) is 0 Å². The van der Waals surface area contributed by atoms with Crippen molar-refractivity contribution in [1.29, 1.82) is 0 Å². The van der Waals surface area contributed by atoms with Crippen LogP contribution in [0.15, 0.2) is 47.5 Å². The molecule has 2 aromatic heterocycles. The van der Waals surface area contributed by atoms with Crippen molar-refractivity contribution in [3.05, 3.63) is 69.1 Å². The minimum Gasteiger partial charge on any atom is -0.298 e. The molecule has 2 N–H and O–H groups in total. The zero-order valence-electron chi connectivity index (χ0n) is 12.5. The van der Waals surface area contributed by atoms with Crippen LogP contribution in [-0.4, -0.2) is 19.5 Å². The van der Waals surface area contributed by atoms with Crippen LogP contribution < -0.4 is 16.5 Å². The van der Waals surface area contributed by atoms with Crippen LogP contribution in [0, 0.1) is 6.92 Å². The molecule has 0 aliphatic carbocycles. The van der Waals surface area contributed by atoms with Gasteiger partial charge in [0.05, 0.1) is 21.4 Å². The monoisotopic (exact) mass is 362 g/mol. The smallest absolute Gasteiger partial charge is 0.298 e. The number of hydrogen-bond donors (Lipinski definition) is 2. The fourth-order valence-corrected chi connectivity index (χ4v) is 2.34. The lowest BCUT2D eigenvalue weighted by molar-refractivity contribution is 0.813. The molecule has 24 heavy (non-hydrogen) atoms. The van der Waals surface area contributed by atoms with Gasteiger partial charge in [-0.2, -0.15) is 9.97 Å². The van der Waals surface area contributed by atoms with E-state index in [2.05, 4.69) is 25.8 Å². The molecule has 7 nitrogen and oxygen atoms in total. The third-order valence-corrected chi connectivity index (χ3v) is 3.88. The number of halogens is 2. The average Bonchev–Trinajstić information content (AvgIpc) is 2.56. The molecule has 0 radical (unpaired) electrons. The van der Waals surface area contributed by atoms with Crippen LogP contribution in [0.1, 0.15) is 5.82 Å². The van der Waals surface area contributed by atoms with Crippen LogP contribution in [0.25, 0.3) is 5.69 Å². The number of anilines is 2. The van der Waals surface area contributed by atoms with Gasteiger partial charge in [0.15, 0.2) is 0 Å². The Hall–Kier alpha value is -2.64. The second-order valence-corrected chi connectivity index (χ2v) is 5.61. The molecule has 3 rings (SSSR count). The summed E-state index contributed by atoms with van der Waals surface area (Å²) < 4.78 is 1.35. The van der Waals surface area contributed by atoms with Crippen LogP contribution in [0.2, 0.25) is 10.0 Å². The highest BCUT2D eigenvalue weighted by atomic mass is 35.5. The largest absolute Gasteiger partial charge is 0.356 e. The molecule has 0 fully saturated rings. The molecule has 122 valence electrons. The second-order valence-electron chi connectivity index (χ2n) is 4.80. The number of aromatic nitrogens is 4. The molecule has 0 bridgehead atoms. The molecule has 2 heterocycles. The van der Waals surface area contributed by atoms with Crippen LogP contribution in [0.4, 0.5) is 11.6 Å². The Kier molecular flexibility index (Phi) is 4.64. The second kappa shape index (κ2) is 6.86. The van der Waals surface area contributed by atoms with Gasteiger partial charge in [-0.15, -0.1) is 0 Å². The van der Waals surface area contributed by atoms with Crippen molar-refractivity contribution in [3.63, 3.8) is 0 Å². The summed E-state index contributed by atoms with van der Waals surface area (Å²) in [6.07, 6.45) is 3.27. The van der Waals surface area contributed by atoms with Crippen LogP contribution in [0.5, 0.6) is 0 Å². The maximum atomic E-state index is 12.3. The average molecular weight is 363 g/mol. The Morgan fingerprint density at radius 2 is 1.75 bits per heavy atom. The van der Waals surface area contributed by atoms with Gasteiger partial charge >= 0.3 is 5.69 Å². The molecule has 9 heteroatoms. The minimum absolute atomic E-state index is 0.158. The van der Waals surface area contributed by atoms with E-state index in [4.69, 9.17) is 23.2 Å². The first kappa shape index (κ1) is 16.2. The lowest BCUT2D eigenvalue weighted by Crippen LogP contribution is -2.27. The van der Waals surface area contributed by atoms with Crippen LogP contribution in [0.3, 0.4) is 0 Å². The Morgan fingerprint density at radius 1 is 1.00 bits per heavy atom. The van der Waals surface area contributed by atoms with E-state index in [0.717, 1.165) is 5.69 Å². The van der Waals surface area contributed by atoms with Crippen molar-refractivity contribution >= 4 is 34.8 Å². The van der Waals surface area contributed by atoms with Gasteiger partial charge in [-0.1, -0.05) is 23.2 Å². The molecule has 0 spiro atoms. The Labute approximate surface area is 147 Å². The summed E-state index contributed by atoms with van der Waals surface area (Å²) in [5, 5.41) is 0.758. The van der Waals surface area contributed by atoms with Gasteiger partial charge in [0.25, 0.3) is 0 Å². The quantitative estimate of drug-likeness (QED) is 0.693. The van der Waals surface area contributed by atoms with Crippen molar-refractivity contribution in [3.8, 4) is 5.69 Å². The zero-order chi connectivity index (χ0) is 17.1. The maximum Gasteiger partial charge on any atom is 0.356 e. The van der Waals surface area contributed by atoms with Gasteiger partial charge in [-0.3, -0.25) is 15.8 Å². The lowest BCUT2D eigenvalue weighted by atomic mass is 10.3. The number of rotatable bonds is 4. The highest BCUT2D eigenvalue weighted by Crippen LogP contribution is 2.24. The summed E-state index contributed by atoms with van der Waals surface area (Å²) in [5.74, 6) is 0.609. The van der Waals surface area contributed by atoms with Gasteiger partial charge in [0.2, 0.25) is 5.95 Å². The fraction of sp³-hybridized carbons (Fsp3) is 0.0667. The molecule has 0 aliphatic heterocycles. The van der Waals surface area contributed by atoms with E-state index >= 15 is 0 Å². The standard InChI is InChI=1S/C15H12Cl2N6O/c1-9-19-14(22-21-10-4-6-18-7-5-10)20-15(24)23(9)11-2-3-12(16)13(17)8-11/h2-8H,1H3,(H,18,21)(H,20,22,24). The number of nitrogens with zero attached hydrogens (tertiary/aromatic N) is 4. The molecule has 0 saturated heterocycles. The molecule has 0 aliphatic rings. The maximum absolute atomic E-state index is 12.3. The van der Waals surface area contributed by atoms with Crippen molar-refractivity contribution in [2.45, 2.75) is 6.92 Å². The zero-order valence-corrected chi connectivity index (χ0v) is 14.0. The number of benzene rings is 1. The first-order valence-corrected chi connectivity index (χ1v) is 7.65. The minimum atomic E-state index is -0.486. The molecule has 3 aromatic rings. The summed E-state index contributed by atoms with van der Waals surface area (Å²) in [6, 6.07) is 8.40. The number of nitrogens with one attached hydrogen (secondary N) is 2. The number of hydrazine groups is 1. The normalized spacial score (nSPS) is 10.5. The molecular weight excluding hydrogens is 351 g/mol. The summed E-state index contributed by atoms with van der Waals surface area (Å²) in [4.78, 5) is 24.4. The predicted octanol–water partition coefficient (Wildman–Crippen LogP) is 3.08. The third kappa shape index (κ3) is 3.47. The first-order chi connectivity index (χ1) is 11.5. The number of hydrogen-bond acceptors (Lipinski definition) is 6. The van der Waals surface area contributed by atoms with Gasteiger partial charge in [-0.25, -0.2) is 9.36 Å². The van der Waals surface area contributed by atoms with Gasteiger partial charge in [0.1, 0.15) is 5.82 Å². The van der Waals surface area contributed by atoms with E-state index in [1.54, 1.807) is 49.6 Å². The van der Waals surface area contributed by atoms with Crippen LogP contribution >= 0.6 is 23.2 Å². The van der Waals surface area contributed by atoms with Crippen molar-refractivity contribution in [1.82, 2.24) is 19.5 Å². The van der Waals surface area contributed by atoms with E-state index in [1.165, 1.54) is 4.57 Å². The van der Waals surface area contributed by atoms with Crippen molar-refractivity contribution in [2.75, 3.05) is 10.9 Å². The molecule has 0 amide bonds. The highest BCUT2D eigenvalue weighted by molar-refractivity contribution is 6.42. The number of aryl methyl sites for hydroxylation is 1. The highest BCUT2D eigenvalue weighted by Gasteiger charge is 2.10. The van der Waals surface area contributed by atoms with Crippen molar-refractivity contribution in [2.24, 2.45) is 0 Å². The predicted molar refractivity (Wildman–Crippen MR) is 93.9 cm³/mol. The summed E-state index contributed by atoms with van der Waals surface area (Å²) in [7, 11) is 0. The Balaban J connectivity index is 1.88. The molecule has 1 aromatic carbocycles. The first-order valence-electron chi connectivity index (χ1n) is 6.90. The Morgan fingerprint density at radius 3 is 2.42 bits per heavy atom. The van der Waals surface area contributed by atoms with Gasteiger partial charge in [0, 0.05) is 12.4 Å². The third-order valence-electron chi connectivity index (χ3n) is 3.14. The van der Waals surface area contributed by atoms with E-state index in [0.29, 0.717) is 21.6 Å². The summed E-state index contributed by atoms with van der Waals surface area (Å²) >= 11 is 11.9. The number of pyridine rings is 1. The lowest BCUT2D eigenvalue weighted by Gasteiger charge is -2.12. The topological polar surface area (TPSA) is 84.7 Å². The van der Waals surface area contributed by atoms with Gasteiger partial charge in [-0.05, 0) is 37.3 Å². The van der Waals surface area contributed by atoms with E-state index in [9.17, 15) is 4.79 Å². The molecular formula is C15H12Cl2N6O. The fourth-order valence-electron chi connectivity index (χ4n) is 2.05. The Bertz CT molecular complexity index is 929. The SMILES string of the molecule is Cc1nc(NNc2ccncc2)nc(=O)n1-c1ccc(Cl)c(Cl)c1. The van der Waals surface area contributed by atoms with Gasteiger partial charge < -0.3 is 0 Å².